The Morgan fingerprint density at radius 3 is 2.59 bits per heavy atom. The van der Waals surface area contributed by atoms with Crippen molar-refractivity contribution in [3.05, 3.63) is 35.4 Å². The predicted octanol–water partition coefficient (Wildman–Crippen LogP) is 1.27. The number of benzene rings is 1. The number of likely N-dealkylation sites (tertiary alicyclic amines) is 1. The Hall–Kier alpha value is -1.72. The van der Waals surface area contributed by atoms with Gasteiger partial charge in [-0.2, -0.15) is 0 Å². The van der Waals surface area contributed by atoms with E-state index in [0.29, 0.717) is 24.2 Å². The van der Waals surface area contributed by atoms with Gasteiger partial charge in [-0.3, -0.25) is 9.59 Å². The first-order chi connectivity index (χ1) is 10.4. The van der Waals surface area contributed by atoms with Crippen LogP contribution in [0.2, 0.25) is 0 Å². The van der Waals surface area contributed by atoms with E-state index in [1.807, 2.05) is 14.1 Å². The van der Waals surface area contributed by atoms with Crippen LogP contribution in [0.3, 0.4) is 0 Å². The zero-order valence-electron chi connectivity index (χ0n) is 13.5. The van der Waals surface area contributed by atoms with Crippen LogP contribution < -0.4 is 0 Å². The lowest BCUT2D eigenvalue weighted by Crippen LogP contribution is -2.49. The third-order valence-electron chi connectivity index (χ3n) is 4.12. The van der Waals surface area contributed by atoms with Gasteiger partial charge in [0.25, 0.3) is 5.91 Å². The maximum absolute atomic E-state index is 12.5. The van der Waals surface area contributed by atoms with Crippen LogP contribution in [0.4, 0.5) is 0 Å². The van der Waals surface area contributed by atoms with Crippen LogP contribution in [-0.4, -0.2) is 66.4 Å². The summed E-state index contributed by atoms with van der Waals surface area (Å²) in [5.74, 6) is 0.0208. The standard InChI is InChI=1S/C17H24N2O3/c1-12(20)13-5-4-6-14(9-13)17(22)19-8-7-15(10-18(2)3)16(21)11-19/h4-6,9,15-16,21H,7-8,10-11H2,1-3H3/t15-,16+/m0/s1. The van der Waals surface area contributed by atoms with Crippen molar-refractivity contribution in [3.63, 3.8) is 0 Å². The molecule has 1 saturated heterocycles. The van der Waals surface area contributed by atoms with Crippen LogP contribution >= 0.6 is 0 Å². The number of nitrogens with zero attached hydrogens (tertiary/aromatic N) is 2. The summed E-state index contributed by atoms with van der Waals surface area (Å²) in [5, 5.41) is 10.3. The lowest BCUT2D eigenvalue weighted by Gasteiger charge is -2.37. The van der Waals surface area contributed by atoms with E-state index in [1.165, 1.54) is 6.92 Å². The lowest BCUT2D eigenvalue weighted by atomic mass is 9.93. The molecule has 0 saturated carbocycles. The Labute approximate surface area is 131 Å². The van der Waals surface area contributed by atoms with Crippen LogP contribution in [0, 0.1) is 5.92 Å². The third kappa shape index (κ3) is 3.93. The van der Waals surface area contributed by atoms with Gasteiger partial charge in [0.05, 0.1) is 6.10 Å². The van der Waals surface area contributed by atoms with Crippen LogP contribution in [0.1, 0.15) is 34.1 Å². The fourth-order valence-electron chi connectivity index (χ4n) is 2.90. The predicted molar refractivity (Wildman–Crippen MR) is 85.0 cm³/mol. The van der Waals surface area contributed by atoms with E-state index < -0.39 is 6.10 Å². The SMILES string of the molecule is CC(=O)c1cccc(C(=O)N2CC[C@@H](CN(C)C)[C@H](O)C2)c1. The number of piperidine rings is 1. The average molecular weight is 304 g/mol. The second kappa shape index (κ2) is 7.03. The van der Waals surface area contributed by atoms with E-state index in [4.69, 9.17) is 0 Å². The third-order valence-corrected chi connectivity index (χ3v) is 4.12. The number of hydrogen-bond donors (Lipinski definition) is 1. The van der Waals surface area contributed by atoms with E-state index in [1.54, 1.807) is 29.2 Å². The van der Waals surface area contributed by atoms with Gasteiger partial charge < -0.3 is 14.9 Å². The van der Waals surface area contributed by atoms with Gasteiger partial charge in [-0.15, -0.1) is 0 Å². The van der Waals surface area contributed by atoms with Crippen LogP contribution in [0.25, 0.3) is 0 Å². The summed E-state index contributed by atoms with van der Waals surface area (Å²) in [5.41, 5.74) is 1.04. The number of ketones is 1. The van der Waals surface area contributed by atoms with Crippen molar-refractivity contribution in [2.24, 2.45) is 5.92 Å². The molecule has 0 spiro atoms. The van der Waals surface area contributed by atoms with Gasteiger partial charge in [-0.1, -0.05) is 12.1 Å². The summed E-state index contributed by atoms with van der Waals surface area (Å²) in [6.07, 6.45) is 0.286. The Bertz CT molecular complexity index is 557. The van der Waals surface area contributed by atoms with E-state index in [2.05, 4.69) is 4.90 Å². The Kier molecular flexibility index (Phi) is 5.32. The fourth-order valence-corrected chi connectivity index (χ4v) is 2.90. The molecule has 2 atom stereocenters. The van der Waals surface area contributed by atoms with Crippen molar-refractivity contribution in [1.29, 1.82) is 0 Å². The molecule has 1 amide bonds. The summed E-state index contributed by atoms with van der Waals surface area (Å²) in [6.45, 7) is 3.30. The molecule has 0 aromatic heterocycles. The van der Waals surface area contributed by atoms with Crippen molar-refractivity contribution in [2.75, 3.05) is 33.7 Å². The Morgan fingerprint density at radius 1 is 1.32 bits per heavy atom. The van der Waals surface area contributed by atoms with Crippen molar-refractivity contribution >= 4 is 11.7 Å². The van der Waals surface area contributed by atoms with Crippen molar-refractivity contribution < 1.29 is 14.7 Å². The molecule has 0 bridgehead atoms. The van der Waals surface area contributed by atoms with E-state index in [-0.39, 0.29) is 17.6 Å². The zero-order valence-corrected chi connectivity index (χ0v) is 13.5. The molecule has 2 rings (SSSR count). The Morgan fingerprint density at radius 2 is 2.00 bits per heavy atom. The molecule has 5 nitrogen and oxygen atoms in total. The largest absolute Gasteiger partial charge is 0.391 e. The molecule has 0 aliphatic carbocycles. The number of β-amino-alcohol motifs (C(OH)–C–C–N with tert-alkyl or cyclic N) is 1. The molecule has 120 valence electrons. The molecule has 1 N–H and O–H groups in total. The number of amides is 1. The first-order valence-electron chi connectivity index (χ1n) is 7.61. The Balaban J connectivity index is 2.05. The topological polar surface area (TPSA) is 60.9 Å². The number of Topliss-reactive ketones (excluding diaryl/α,β-unsaturated/α-hetero) is 1. The monoisotopic (exact) mass is 304 g/mol. The van der Waals surface area contributed by atoms with Crippen molar-refractivity contribution in [2.45, 2.75) is 19.4 Å². The molecular formula is C17H24N2O3. The fraction of sp³-hybridized carbons (Fsp3) is 0.529. The van der Waals surface area contributed by atoms with Gasteiger partial charge in [0.15, 0.2) is 5.78 Å². The smallest absolute Gasteiger partial charge is 0.253 e. The van der Waals surface area contributed by atoms with Gasteiger partial charge >= 0.3 is 0 Å². The summed E-state index contributed by atoms with van der Waals surface area (Å²) in [6, 6.07) is 6.77. The molecule has 0 unspecified atom stereocenters. The highest BCUT2D eigenvalue weighted by Gasteiger charge is 2.30. The molecule has 1 fully saturated rings. The summed E-state index contributed by atoms with van der Waals surface area (Å²) >= 11 is 0. The summed E-state index contributed by atoms with van der Waals surface area (Å²) in [7, 11) is 3.97. The normalized spacial score (nSPS) is 22.0. The minimum atomic E-state index is -0.504. The number of hydrogen-bond acceptors (Lipinski definition) is 4. The molecule has 1 aromatic carbocycles. The zero-order chi connectivity index (χ0) is 16.3. The second-order valence-electron chi connectivity index (χ2n) is 6.27. The van der Waals surface area contributed by atoms with Crippen LogP contribution in [0.5, 0.6) is 0 Å². The van der Waals surface area contributed by atoms with Crippen LogP contribution in [-0.2, 0) is 0 Å². The van der Waals surface area contributed by atoms with Gasteiger partial charge in [0, 0.05) is 36.7 Å². The summed E-state index contributed by atoms with van der Waals surface area (Å²) in [4.78, 5) is 27.7. The first kappa shape index (κ1) is 16.6. The highest BCUT2D eigenvalue weighted by atomic mass is 16.3. The highest BCUT2D eigenvalue weighted by molar-refractivity contribution is 5.99. The minimum absolute atomic E-state index is 0.0561. The molecule has 1 heterocycles. The number of carbonyl (C=O) groups excluding carboxylic acids is 2. The van der Waals surface area contributed by atoms with Gasteiger partial charge in [-0.25, -0.2) is 0 Å². The van der Waals surface area contributed by atoms with E-state index in [9.17, 15) is 14.7 Å². The molecule has 0 radical (unpaired) electrons. The minimum Gasteiger partial charge on any atom is -0.391 e. The number of carbonyl (C=O) groups is 2. The van der Waals surface area contributed by atoms with Crippen molar-refractivity contribution in [1.82, 2.24) is 9.80 Å². The molecular weight excluding hydrogens is 280 g/mol. The first-order valence-corrected chi connectivity index (χ1v) is 7.61. The quantitative estimate of drug-likeness (QED) is 0.851. The lowest BCUT2D eigenvalue weighted by molar-refractivity contribution is 0.0124. The molecule has 1 aliphatic rings. The maximum atomic E-state index is 12.5. The number of aliphatic hydroxyl groups is 1. The number of rotatable bonds is 4. The second-order valence-corrected chi connectivity index (χ2v) is 6.27. The van der Waals surface area contributed by atoms with Gasteiger partial charge in [-0.05, 0) is 39.6 Å². The van der Waals surface area contributed by atoms with Gasteiger partial charge in [0.1, 0.15) is 0 Å². The molecule has 22 heavy (non-hydrogen) atoms. The average Bonchev–Trinajstić information content (AvgIpc) is 2.48. The molecule has 5 heteroatoms. The van der Waals surface area contributed by atoms with Crippen LogP contribution in [0.15, 0.2) is 24.3 Å². The summed E-state index contributed by atoms with van der Waals surface area (Å²) < 4.78 is 0. The van der Waals surface area contributed by atoms with E-state index in [0.717, 1.165) is 13.0 Å². The molecule has 1 aliphatic heterocycles. The maximum Gasteiger partial charge on any atom is 0.253 e. The highest BCUT2D eigenvalue weighted by Crippen LogP contribution is 2.20. The number of aliphatic hydroxyl groups excluding tert-OH is 1. The van der Waals surface area contributed by atoms with Crippen molar-refractivity contribution in [3.8, 4) is 0 Å². The molecule has 1 aromatic rings. The van der Waals surface area contributed by atoms with E-state index >= 15 is 0 Å². The van der Waals surface area contributed by atoms with Gasteiger partial charge in [0.2, 0.25) is 0 Å².